The number of amides is 1. The fourth-order valence-corrected chi connectivity index (χ4v) is 3.46. The van der Waals surface area contributed by atoms with Crippen molar-refractivity contribution in [3.8, 4) is 0 Å². The predicted octanol–water partition coefficient (Wildman–Crippen LogP) is -0.409. The van der Waals surface area contributed by atoms with Crippen LogP contribution in [0.2, 0.25) is 0 Å². The number of hydrogen-bond acceptors (Lipinski definition) is 5. The van der Waals surface area contributed by atoms with Gasteiger partial charge < -0.3 is 14.7 Å². The van der Waals surface area contributed by atoms with Crippen molar-refractivity contribution in [1.29, 1.82) is 0 Å². The summed E-state index contributed by atoms with van der Waals surface area (Å²) in [5.74, 6) is 0.582. The summed E-state index contributed by atoms with van der Waals surface area (Å²) in [6, 6.07) is 0. The maximum Gasteiger partial charge on any atom is 0.244 e. The molecular weight excluding hydrogens is 296 g/mol. The molecular formula is C16H26N4O3. The number of ether oxygens (including phenoxy) is 1. The molecule has 2 aliphatic rings. The summed E-state index contributed by atoms with van der Waals surface area (Å²) in [6.45, 7) is 8.10. The lowest BCUT2D eigenvalue weighted by atomic mass is 9.96. The second-order valence-corrected chi connectivity index (χ2v) is 6.63. The molecule has 1 N–H and O–H groups in total. The summed E-state index contributed by atoms with van der Waals surface area (Å²) in [7, 11) is 0. The molecule has 2 atom stereocenters. The molecule has 128 valence electrons. The van der Waals surface area contributed by atoms with E-state index in [1.807, 2.05) is 18.0 Å². The molecule has 3 heterocycles. The Morgan fingerprint density at radius 3 is 2.74 bits per heavy atom. The number of hydrogen-bond donors (Lipinski definition) is 1. The molecule has 3 rings (SSSR count). The van der Waals surface area contributed by atoms with E-state index < -0.39 is 0 Å². The van der Waals surface area contributed by atoms with Crippen molar-refractivity contribution in [2.75, 3.05) is 52.5 Å². The smallest absolute Gasteiger partial charge is 0.244 e. The molecule has 2 unspecified atom stereocenters. The maximum absolute atomic E-state index is 12.5. The van der Waals surface area contributed by atoms with Gasteiger partial charge in [-0.05, 0) is 18.4 Å². The largest absolute Gasteiger partial charge is 0.396 e. The van der Waals surface area contributed by atoms with Crippen LogP contribution in [0.1, 0.15) is 5.56 Å². The van der Waals surface area contributed by atoms with E-state index in [-0.39, 0.29) is 25.0 Å². The lowest BCUT2D eigenvalue weighted by Gasteiger charge is -2.30. The molecule has 23 heavy (non-hydrogen) atoms. The maximum atomic E-state index is 12.5. The first-order valence-corrected chi connectivity index (χ1v) is 8.33. The van der Waals surface area contributed by atoms with Gasteiger partial charge in [-0.15, -0.1) is 0 Å². The second-order valence-electron chi connectivity index (χ2n) is 6.63. The normalized spacial score (nSPS) is 25.9. The van der Waals surface area contributed by atoms with Crippen LogP contribution >= 0.6 is 0 Å². The number of aromatic nitrogens is 2. The quantitative estimate of drug-likeness (QED) is 0.798. The number of aliphatic hydroxyl groups excluding tert-OH is 1. The Morgan fingerprint density at radius 1 is 1.35 bits per heavy atom. The highest BCUT2D eigenvalue weighted by atomic mass is 16.5. The first-order valence-electron chi connectivity index (χ1n) is 8.33. The average Bonchev–Trinajstić information content (AvgIpc) is 3.14. The second kappa shape index (κ2) is 7.42. The van der Waals surface area contributed by atoms with Gasteiger partial charge in [0, 0.05) is 51.4 Å². The van der Waals surface area contributed by atoms with E-state index in [0.717, 1.165) is 45.0 Å². The lowest BCUT2D eigenvalue weighted by Crippen LogP contribution is -2.41. The highest BCUT2D eigenvalue weighted by Crippen LogP contribution is 2.24. The van der Waals surface area contributed by atoms with Gasteiger partial charge in [-0.1, -0.05) is 0 Å². The van der Waals surface area contributed by atoms with Crippen LogP contribution in [0.15, 0.2) is 12.4 Å². The summed E-state index contributed by atoms with van der Waals surface area (Å²) in [6.07, 6.45) is 3.64. The van der Waals surface area contributed by atoms with Crippen molar-refractivity contribution in [2.45, 2.75) is 13.5 Å². The minimum atomic E-state index is 0.0797. The zero-order chi connectivity index (χ0) is 16.2. The van der Waals surface area contributed by atoms with Gasteiger partial charge in [-0.2, -0.15) is 5.10 Å². The molecule has 0 radical (unpaired) electrons. The highest BCUT2D eigenvalue weighted by molar-refractivity contribution is 5.76. The standard InChI is InChI=1S/C16H26N4O3/c1-13-6-17-20(7-13)11-16(22)19-9-14(15(10-19)12-21)8-18-2-4-23-5-3-18/h6-7,14-15,21H,2-5,8-12H2,1H3. The van der Waals surface area contributed by atoms with Gasteiger partial charge in [-0.25, -0.2) is 0 Å². The molecule has 1 aromatic heterocycles. The number of rotatable bonds is 5. The van der Waals surface area contributed by atoms with Gasteiger partial charge in [0.25, 0.3) is 0 Å². The van der Waals surface area contributed by atoms with Crippen molar-refractivity contribution in [2.24, 2.45) is 11.8 Å². The summed E-state index contributed by atoms with van der Waals surface area (Å²) in [5.41, 5.74) is 1.05. The Kier molecular flexibility index (Phi) is 5.30. The third kappa shape index (κ3) is 4.10. The number of morpholine rings is 1. The Morgan fingerprint density at radius 2 is 2.09 bits per heavy atom. The van der Waals surface area contributed by atoms with Crippen molar-refractivity contribution in [3.05, 3.63) is 18.0 Å². The van der Waals surface area contributed by atoms with Gasteiger partial charge in [0.2, 0.25) is 5.91 Å². The third-order valence-electron chi connectivity index (χ3n) is 4.82. The SMILES string of the molecule is Cc1cnn(CC(=O)N2CC(CO)C(CN3CCOCC3)C2)c1. The van der Waals surface area contributed by atoms with E-state index in [0.29, 0.717) is 12.5 Å². The first-order chi connectivity index (χ1) is 11.2. The van der Waals surface area contributed by atoms with Gasteiger partial charge in [-0.3, -0.25) is 14.4 Å². The Balaban J connectivity index is 1.55. The molecule has 7 heteroatoms. The van der Waals surface area contributed by atoms with Crippen LogP contribution in [0, 0.1) is 18.8 Å². The van der Waals surface area contributed by atoms with E-state index in [2.05, 4.69) is 10.00 Å². The van der Waals surface area contributed by atoms with Crippen molar-refractivity contribution < 1.29 is 14.6 Å². The summed E-state index contributed by atoms with van der Waals surface area (Å²) < 4.78 is 7.06. The Labute approximate surface area is 136 Å². The minimum Gasteiger partial charge on any atom is -0.396 e. The van der Waals surface area contributed by atoms with E-state index in [9.17, 15) is 9.90 Å². The van der Waals surface area contributed by atoms with Crippen molar-refractivity contribution in [3.63, 3.8) is 0 Å². The van der Waals surface area contributed by atoms with Gasteiger partial charge in [0.1, 0.15) is 6.54 Å². The molecule has 1 aromatic rings. The van der Waals surface area contributed by atoms with E-state index >= 15 is 0 Å². The number of aliphatic hydroxyl groups is 1. The molecule has 0 saturated carbocycles. The first kappa shape index (κ1) is 16.4. The fourth-order valence-electron chi connectivity index (χ4n) is 3.46. The molecule has 2 fully saturated rings. The van der Waals surface area contributed by atoms with Crippen LogP contribution in [-0.2, 0) is 16.1 Å². The van der Waals surface area contributed by atoms with Crippen LogP contribution in [0.3, 0.4) is 0 Å². The zero-order valence-corrected chi connectivity index (χ0v) is 13.7. The number of nitrogens with zero attached hydrogens (tertiary/aromatic N) is 4. The molecule has 0 aromatic carbocycles. The third-order valence-corrected chi connectivity index (χ3v) is 4.82. The monoisotopic (exact) mass is 322 g/mol. The van der Waals surface area contributed by atoms with Gasteiger partial charge in [0.05, 0.1) is 19.4 Å². The topological polar surface area (TPSA) is 70.8 Å². The zero-order valence-electron chi connectivity index (χ0n) is 13.7. The summed E-state index contributed by atoms with van der Waals surface area (Å²) >= 11 is 0. The molecule has 1 amide bonds. The van der Waals surface area contributed by atoms with Gasteiger partial charge in [0.15, 0.2) is 0 Å². The predicted molar refractivity (Wildman–Crippen MR) is 84.9 cm³/mol. The molecule has 2 aliphatic heterocycles. The fraction of sp³-hybridized carbons (Fsp3) is 0.750. The van der Waals surface area contributed by atoms with Crippen LogP contribution in [-0.4, -0.2) is 83.1 Å². The molecule has 7 nitrogen and oxygen atoms in total. The minimum absolute atomic E-state index is 0.0797. The average molecular weight is 322 g/mol. The van der Waals surface area contributed by atoms with E-state index in [4.69, 9.17) is 4.74 Å². The molecule has 0 aliphatic carbocycles. The lowest BCUT2D eigenvalue weighted by molar-refractivity contribution is -0.131. The van der Waals surface area contributed by atoms with E-state index in [1.54, 1.807) is 10.9 Å². The number of carbonyl (C=O) groups is 1. The van der Waals surface area contributed by atoms with E-state index in [1.165, 1.54) is 0 Å². The Hall–Kier alpha value is -1.44. The highest BCUT2D eigenvalue weighted by Gasteiger charge is 2.35. The van der Waals surface area contributed by atoms with Crippen molar-refractivity contribution in [1.82, 2.24) is 19.6 Å². The molecule has 0 spiro atoms. The Bertz CT molecular complexity index is 527. The van der Waals surface area contributed by atoms with Crippen molar-refractivity contribution >= 4 is 5.91 Å². The molecule has 0 bridgehead atoms. The molecule has 2 saturated heterocycles. The van der Waals surface area contributed by atoms with Crippen LogP contribution in [0.4, 0.5) is 0 Å². The summed E-state index contributed by atoms with van der Waals surface area (Å²) in [5, 5.41) is 13.8. The summed E-state index contributed by atoms with van der Waals surface area (Å²) in [4.78, 5) is 16.7. The van der Waals surface area contributed by atoms with Crippen LogP contribution < -0.4 is 0 Å². The van der Waals surface area contributed by atoms with Crippen LogP contribution in [0.25, 0.3) is 0 Å². The van der Waals surface area contributed by atoms with Crippen LogP contribution in [0.5, 0.6) is 0 Å². The number of aryl methyl sites for hydroxylation is 1. The number of likely N-dealkylation sites (tertiary alicyclic amines) is 1. The number of carbonyl (C=O) groups excluding carboxylic acids is 1. The van der Waals surface area contributed by atoms with Gasteiger partial charge >= 0.3 is 0 Å².